The van der Waals surface area contributed by atoms with Gasteiger partial charge in [-0.25, -0.2) is 0 Å². The number of benzene rings is 1. The maximum atomic E-state index is 12.8. The minimum Gasteiger partial charge on any atom is -0.342 e. The quantitative estimate of drug-likeness (QED) is 0.832. The summed E-state index contributed by atoms with van der Waals surface area (Å²) in [5, 5.41) is 0. The van der Waals surface area contributed by atoms with Crippen LogP contribution in [0.25, 0.3) is 0 Å². The van der Waals surface area contributed by atoms with Gasteiger partial charge in [0.1, 0.15) is 0 Å². The Morgan fingerprint density at radius 3 is 1.95 bits per heavy atom. The average molecular weight is 276 g/mol. The molecule has 1 aromatic carbocycles. The van der Waals surface area contributed by atoms with E-state index in [0.717, 1.165) is 18.7 Å². The van der Waals surface area contributed by atoms with E-state index < -0.39 is 0 Å². The van der Waals surface area contributed by atoms with Crippen molar-refractivity contribution in [3.05, 3.63) is 35.9 Å². The molecule has 0 heterocycles. The Kier molecular flexibility index (Phi) is 6.73. The third kappa shape index (κ3) is 4.97. The number of amides is 1. The Hall–Kier alpha value is -1.35. The van der Waals surface area contributed by atoms with Crippen molar-refractivity contribution >= 4 is 5.91 Å². The number of carbonyl (C=O) groups is 1. The highest BCUT2D eigenvalue weighted by Gasteiger charge is 2.25. The molecule has 0 fully saturated rings. The number of rotatable bonds is 7. The molecule has 1 unspecified atom stereocenters. The van der Waals surface area contributed by atoms with Gasteiger partial charge in [-0.1, -0.05) is 58.0 Å². The summed E-state index contributed by atoms with van der Waals surface area (Å²) >= 11 is 0. The number of nitrogens with zero attached hydrogens (tertiary/aromatic N) is 1. The Balaban J connectivity index is 2.90. The normalized spacial score (nSPS) is 12.8. The molecule has 1 aromatic rings. The fourth-order valence-corrected chi connectivity index (χ4v) is 2.42. The second-order valence-electron chi connectivity index (χ2n) is 6.23. The van der Waals surface area contributed by atoms with E-state index in [9.17, 15) is 4.79 Å². The maximum Gasteiger partial charge on any atom is 0.231 e. The smallest absolute Gasteiger partial charge is 0.231 e. The van der Waals surface area contributed by atoms with Crippen molar-refractivity contribution in [1.29, 1.82) is 0 Å². The molecule has 112 valence electrons. The lowest BCUT2D eigenvalue weighted by molar-refractivity contribution is -0.133. The van der Waals surface area contributed by atoms with Gasteiger partial charge in [0.25, 0.3) is 0 Å². The summed E-state index contributed by atoms with van der Waals surface area (Å²) in [7, 11) is 0. The van der Waals surface area contributed by atoms with Crippen molar-refractivity contribution in [2.45, 2.75) is 33.6 Å². The van der Waals surface area contributed by atoms with E-state index in [4.69, 9.17) is 5.73 Å². The lowest BCUT2D eigenvalue weighted by atomic mass is 9.96. The molecule has 0 aliphatic carbocycles. The van der Waals surface area contributed by atoms with Gasteiger partial charge in [-0.15, -0.1) is 0 Å². The highest BCUT2D eigenvalue weighted by Crippen LogP contribution is 2.19. The summed E-state index contributed by atoms with van der Waals surface area (Å²) in [5.41, 5.74) is 6.87. The zero-order chi connectivity index (χ0) is 15.1. The van der Waals surface area contributed by atoms with E-state index in [2.05, 4.69) is 27.7 Å². The van der Waals surface area contributed by atoms with Crippen LogP contribution in [0.4, 0.5) is 0 Å². The minimum atomic E-state index is -0.228. The molecular formula is C17H28N2O. The Bertz CT molecular complexity index is 391. The highest BCUT2D eigenvalue weighted by atomic mass is 16.2. The van der Waals surface area contributed by atoms with Crippen LogP contribution < -0.4 is 5.73 Å². The zero-order valence-corrected chi connectivity index (χ0v) is 13.2. The van der Waals surface area contributed by atoms with Gasteiger partial charge in [0.2, 0.25) is 5.91 Å². The molecule has 0 radical (unpaired) electrons. The van der Waals surface area contributed by atoms with E-state index in [1.54, 1.807) is 0 Å². The molecule has 0 aliphatic heterocycles. The van der Waals surface area contributed by atoms with Crippen LogP contribution in [0.3, 0.4) is 0 Å². The van der Waals surface area contributed by atoms with Gasteiger partial charge in [-0.2, -0.15) is 0 Å². The van der Waals surface area contributed by atoms with Crippen molar-refractivity contribution < 1.29 is 4.79 Å². The first-order chi connectivity index (χ1) is 9.45. The van der Waals surface area contributed by atoms with Crippen LogP contribution in [0.15, 0.2) is 30.3 Å². The molecule has 1 atom stereocenters. The topological polar surface area (TPSA) is 46.3 Å². The maximum absolute atomic E-state index is 12.8. The molecule has 20 heavy (non-hydrogen) atoms. The van der Waals surface area contributed by atoms with Gasteiger partial charge >= 0.3 is 0 Å². The van der Waals surface area contributed by atoms with Gasteiger partial charge in [0.15, 0.2) is 0 Å². The average Bonchev–Trinajstić information content (AvgIpc) is 2.39. The molecule has 0 saturated heterocycles. The van der Waals surface area contributed by atoms with Gasteiger partial charge < -0.3 is 10.6 Å². The van der Waals surface area contributed by atoms with E-state index in [-0.39, 0.29) is 11.8 Å². The van der Waals surface area contributed by atoms with E-state index in [1.807, 2.05) is 35.2 Å². The van der Waals surface area contributed by atoms with Crippen molar-refractivity contribution in [2.24, 2.45) is 17.6 Å². The fraction of sp³-hybridized carbons (Fsp3) is 0.588. The largest absolute Gasteiger partial charge is 0.342 e. The van der Waals surface area contributed by atoms with Crippen LogP contribution in [0.5, 0.6) is 0 Å². The van der Waals surface area contributed by atoms with Crippen molar-refractivity contribution in [3.8, 4) is 0 Å². The van der Waals surface area contributed by atoms with E-state index in [0.29, 0.717) is 18.4 Å². The SMILES string of the molecule is CC(C)CN(CC(C)C)C(=O)C(CN)c1ccccc1. The lowest BCUT2D eigenvalue weighted by Crippen LogP contribution is -2.41. The van der Waals surface area contributed by atoms with Crippen LogP contribution in [-0.2, 0) is 4.79 Å². The standard InChI is InChI=1S/C17H28N2O/c1-13(2)11-19(12-14(3)4)17(20)16(10-18)15-8-6-5-7-9-15/h5-9,13-14,16H,10-12,18H2,1-4H3. The highest BCUT2D eigenvalue weighted by molar-refractivity contribution is 5.84. The fourth-order valence-electron chi connectivity index (χ4n) is 2.42. The first-order valence-electron chi connectivity index (χ1n) is 7.49. The van der Waals surface area contributed by atoms with Crippen molar-refractivity contribution in [1.82, 2.24) is 4.90 Å². The summed E-state index contributed by atoms with van der Waals surface area (Å²) in [6, 6.07) is 9.85. The molecule has 0 bridgehead atoms. The molecule has 3 nitrogen and oxygen atoms in total. The van der Waals surface area contributed by atoms with Crippen LogP contribution >= 0.6 is 0 Å². The van der Waals surface area contributed by atoms with Gasteiger partial charge in [0.05, 0.1) is 5.92 Å². The van der Waals surface area contributed by atoms with Gasteiger partial charge in [-0.05, 0) is 17.4 Å². The molecular weight excluding hydrogens is 248 g/mol. The third-order valence-electron chi connectivity index (χ3n) is 3.22. The number of nitrogens with two attached hydrogens (primary N) is 1. The molecule has 1 amide bonds. The third-order valence-corrected chi connectivity index (χ3v) is 3.22. The predicted molar refractivity (Wildman–Crippen MR) is 84.5 cm³/mol. The first kappa shape index (κ1) is 16.7. The van der Waals surface area contributed by atoms with Crippen molar-refractivity contribution in [3.63, 3.8) is 0 Å². The molecule has 2 N–H and O–H groups in total. The van der Waals surface area contributed by atoms with Crippen LogP contribution in [0.2, 0.25) is 0 Å². The second kappa shape index (κ2) is 8.05. The lowest BCUT2D eigenvalue weighted by Gasteiger charge is -2.30. The minimum absolute atomic E-state index is 0.154. The number of hydrogen-bond donors (Lipinski definition) is 1. The molecule has 0 spiro atoms. The van der Waals surface area contributed by atoms with Crippen LogP contribution in [0.1, 0.15) is 39.2 Å². The predicted octanol–water partition coefficient (Wildman–Crippen LogP) is 2.87. The van der Waals surface area contributed by atoms with Crippen molar-refractivity contribution in [2.75, 3.05) is 19.6 Å². The zero-order valence-electron chi connectivity index (χ0n) is 13.2. The van der Waals surface area contributed by atoms with Gasteiger partial charge in [-0.3, -0.25) is 4.79 Å². The Morgan fingerprint density at radius 2 is 1.55 bits per heavy atom. The first-order valence-corrected chi connectivity index (χ1v) is 7.49. The monoisotopic (exact) mass is 276 g/mol. The van der Waals surface area contributed by atoms with Crippen LogP contribution in [-0.4, -0.2) is 30.4 Å². The second-order valence-corrected chi connectivity index (χ2v) is 6.23. The van der Waals surface area contributed by atoms with Crippen LogP contribution in [0, 0.1) is 11.8 Å². The summed E-state index contributed by atoms with van der Waals surface area (Å²) in [6.07, 6.45) is 0. The summed E-state index contributed by atoms with van der Waals surface area (Å²) in [6.45, 7) is 10.5. The molecule has 0 aliphatic rings. The summed E-state index contributed by atoms with van der Waals surface area (Å²) < 4.78 is 0. The summed E-state index contributed by atoms with van der Waals surface area (Å²) in [5.74, 6) is 0.855. The number of carbonyl (C=O) groups excluding carboxylic acids is 1. The van der Waals surface area contributed by atoms with E-state index >= 15 is 0 Å². The Morgan fingerprint density at radius 1 is 1.05 bits per heavy atom. The summed E-state index contributed by atoms with van der Waals surface area (Å²) in [4.78, 5) is 14.8. The number of hydrogen-bond acceptors (Lipinski definition) is 2. The van der Waals surface area contributed by atoms with Gasteiger partial charge in [0, 0.05) is 19.6 Å². The Labute approximate surface area is 123 Å². The molecule has 0 aromatic heterocycles. The van der Waals surface area contributed by atoms with E-state index in [1.165, 1.54) is 0 Å². The molecule has 3 heteroatoms. The molecule has 1 rings (SSSR count). The molecule has 0 saturated carbocycles.